The van der Waals surface area contributed by atoms with Crippen molar-refractivity contribution >= 4 is 0 Å². The van der Waals surface area contributed by atoms with E-state index < -0.39 is 0 Å². The number of hydrogen-bond acceptors (Lipinski definition) is 5. The van der Waals surface area contributed by atoms with Crippen LogP contribution in [0.4, 0.5) is 0 Å². The van der Waals surface area contributed by atoms with Gasteiger partial charge in [-0.05, 0) is 44.3 Å². The number of aliphatic hydroxyl groups is 1. The maximum atomic E-state index is 10.6. The summed E-state index contributed by atoms with van der Waals surface area (Å²) in [6.07, 6.45) is 1.57. The van der Waals surface area contributed by atoms with Gasteiger partial charge in [0.05, 0.1) is 12.1 Å². The van der Waals surface area contributed by atoms with Gasteiger partial charge in [-0.15, -0.1) is 0 Å². The van der Waals surface area contributed by atoms with Crippen molar-refractivity contribution in [3.05, 3.63) is 47.6 Å². The zero-order valence-corrected chi connectivity index (χ0v) is 15.6. The van der Waals surface area contributed by atoms with E-state index in [4.69, 9.17) is 4.52 Å². The Balaban J connectivity index is 1.59. The fourth-order valence-electron chi connectivity index (χ4n) is 3.41. The SMILES string of the molecule is C[C@H](c1nc(C(C)(C)C)no1)N1CCC([C@@H](O)c2ccccc2)CC1. The summed E-state index contributed by atoms with van der Waals surface area (Å²) in [6.45, 7) is 10.2. The Hall–Kier alpha value is -1.72. The van der Waals surface area contributed by atoms with Gasteiger partial charge in [-0.1, -0.05) is 56.3 Å². The van der Waals surface area contributed by atoms with Crippen LogP contribution in [0.25, 0.3) is 0 Å². The van der Waals surface area contributed by atoms with Crippen LogP contribution in [-0.4, -0.2) is 33.2 Å². The van der Waals surface area contributed by atoms with E-state index in [1.807, 2.05) is 30.3 Å². The monoisotopic (exact) mass is 343 g/mol. The number of rotatable bonds is 4. The molecule has 1 fully saturated rings. The number of piperidine rings is 1. The van der Waals surface area contributed by atoms with Gasteiger partial charge in [0.2, 0.25) is 5.89 Å². The molecule has 25 heavy (non-hydrogen) atoms. The van der Waals surface area contributed by atoms with Crippen molar-refractivity contribution in [1.29, 1.82) is 0 Å². The molecule has 0 radical (unpaired) electrons. The minimum Gasteiger partial charge on any atom is -0.388 e. The third-order valence-electron chi connectivity index (χ3n) is 5.18. The number of benzene rings is 1. The first kappa shape index (κ1) is 18.1. The highest BCUT2D eigenvalue weighted by Gasteiger charge is 2.31. The van der Waals surface area contributed by atoms with Crippen molar-refractivity contribution in [3.63, 3.8) is 0 Å². The Morgan fingerprint density at radius 2 is 1.80 bits per heavy atom. The van der Waals surface area contributed by atoms with Gasteiger partial charge in [0.15, 0.2) is 5.82 Å². The first-order chi connectivity index (χ1) is 11.9. The zero-order valence-electron chi connectivity index (χ0n) is 15.6. The molecule has 1 aromatic carbocycles. The minimum absolute atomic E-state index is 0.103. The lowest BCUT2D eigenvalue weighted by molar-refractivity contribution is 0.0420. The van der Waals surface area contributed by atoms with Gasteiger partial charge in [-0.2, -0.15) is 4.98 Å². The Bertz CT molecular complexity index is 670. The van der Waals surface area contributed by atoms with E-state index in [0.717, 1.165) is 37.3 Å². The predicted octanol–water partition coefficient (Wildman–Crippen LogP) is 3.87. The maximum Gasteiger partial charge on any atom is 0.243 e. The summed E-state index contributed by atoms with van der Waals surface area (Å²) in [4.78, 5) is 6.96. The second-order valence-electron chi connectivity index (χ2n) is 8.11. The number of aromatic nitrogens is 2. The first-order valence-electron chi connectivity index (χ1n) is 9.17. The molecule has 136 valence electrons. The van der Waals surface area contributed by atoms with Gasteiger partial charge >= 0.3 is 0 Å². The summed E-state index contributed by atoms with van der Waals surface area (Å²) < 4.78 is 5.50. The summed E-state index contributed by atoms with van der Waals surface area (Å²) in [5.74, 6) is 1.74. The molecule has 0 unspecified atom stereocenters. The summed E-state index contributed by atoms with van der Waals surface area (Å²) in [5.41, 5.74) is 0.912. The molecule has 2 aromatic rings. The molecular weight excluding hydrogens is 314 g/mol. The van der Waals surface area contributed by atoms with E-state index in [-0.39, 0.29) is 17.6 Å². The predicted molar refractivity (Wildman–Crippen MR) is 97.1 cm³/mol. The van der Waals surface area contributed by atoms with Crippen molar-refractivity contribution in [2.24, 2.45) is 5.92 Å². The van der Waals surface area contributed by atoms with Crippen molar-refractivity contribution < 1.29 is 9.63 Å². The van der Waals surface area contributed by atoms with Crippen LogP contribution in [0.2, 0.25) is 0 Å². The minimum atomic E-state index is -0.380. The molecule has 5 nitrogen and oxygen atoms in total. The van der Waals surface area contributed by atoms with Crippen LogP contribution in [0.5, 0.6) is 0 Å². The quantitative estimate of drug-likeness (QED) is 0.913. The van der Waals surface area contributed by atoms with E-state index in [1.54, 1.807) is 0 Å². The zero-order chi connectivity index (χ0) is 18.0. The van der Waals surface area contributed by atoms with Crippen molar-refractivity contribution in [2.75, 3.05) is 13.1 Å². The highest BCUT2D eigenvalue weighted by atomic mass is 16.5. The van der Waals surface area contributed by atoms with Crippen molar-refractivity contribution in [3.8, 4) is 0 Å². The van der Waals surface area contributed by atoms with Crippen LogP contribution in [0, 0.1) is 5.92 Å². The van der Waals surface area contributed by atoms with Crippen molar-refractivity contribution in [2.45, 2.75) is 58.1 Å². The molecule has 2 atom stereocenters. The Morgan fingerprint density at radius 3 is 2.36 bits per heavy atom. The van der Waals surface area contributed by atoms with E-state index in [0.29, 0.717) is 11.8 Å². The highest BCUT2D eigenvalue weighted by Crippen LogP contribution is 2.33. The topological polar surface area (TPSA) is 62.4 Å². The van der Waals surface area contributed by atoms with Crippen LogP contribution in [0.3, 0.4) is 0 Å². The summed E-state index contributed by atoms with van der Waals surface area (Å²) in [7, 11) is 0. The normalized spacial score (nSPS) is 19.7. The smallest absolute Gasteiger partial charge is 0.243 e. The standard InChI is InChI=1S/C20H29N3O2/c1-14(18-21-19(22-25-18)20(2,3)4)23-12-10-16(11-13-23)17(24)15-8-6-5-7-9-15/h5-9,14,16-17,24H,10-13H2,1-4H3/t14-,17+/m1/s1. The Labute approximate surface area is 150 Å². The van der Waals surface area contributed by atoms with E-state index in [9.17, 15) is 5.11 Å². The maximum absolute atomic E-state index is 10.6. The number of nitrogens with zero attached hydrogens (tertiary/aromatic N) is 3. The number of likely N-dealkylation sites (tertiary alicyclic amines) is 1. The molecule has 2 heterocycles. The lowest BCUT2D eigenvalue weighted by atomic mass is 9.87. The first-order valence-corrected chi connectivity index (χ1v) is 9.17. The van der Waals surface area contributed by atoms with Gasteiger partial charge in [0.25, 0.3) is 0 Å². The van der Waals surface area contributed by atoms with Gasteiger partial charge in [0.1, 0.15) is 0 Å². The molecule has 1 N–H and O–H groups in total. The molecule has 1 aromatic heterocycles. The fraction of sp³-hybridized carbons (Fsp3) is 0.600. The van der Waals surface area contributed by atoms with Crippen molar-refractivity contribution in [1.82, 2.24) is 15.0 Å². The van der Waals surface area contributed by atoms with E-state index in [2.05, 4.69) is 42.7 Å². The van der Waals surface area contributed by atoms with Gasteiger partial charge in [0, 0.05) is 5.41 Å². The fourth-order valence-corrected chi connectivity index (χ4v) is 3.41. The Kier molecular flexibility index (Phi) is 5.25. The van der Waals surface area contributed by atoms with Gasteiger partial charge < -0.3 is 9.63 Å². The molecular formula is C20H29N3O2. The Morgan fingerprint density at radius 1 is 1.16 bits per heavy atom. The molecule has 0 aliphatic carbocycles. The average molecular weight is 343 g/mol. The van der Waals surface area contributed by atoms with E-state index in [1.165, 1.54) is 0 Å². The lowest BCUT2D eigenvalue weighted by Gasteiger charge is -2.36. The molecule has 0 spiro atoms. The van der Waals surface area contributed by atoms with Crippen LogP contribution in [0.15, 0.2) is 34.9 Å². The second-order valence-corrected chi connectivity index (χ2v) is 8.11. The molecule has 1 aliphatic heterocycles. The second kappa shape index (κ2) is 7.26. The van der Waals surface area contributed by atoms with Gasteiger partial charge in [-0.25, -0.2) is 0 Å². The third-order valence-corrected chi connectivity index (χ3v) is 5.18. The lowest BCUT2D eigenvalue weighted by Crippen LogP contribution is -2.37. The molecule has 0 amide bonds. The van der Waals surface area contributed by atoms with Crippen LogP contribution >= 0.6 is 0 Å². The van der Waals surface area contributed by atoms with Crippen LogP contribution in [-0.2, 0) is 5.41 Å². The number of aliphatic hydroxyl groups excluding tert-OH is 1. The van der Waals surface area contributed by atoms with Crippen LogP contribution < -0.4 is 0 Å². The third kappa shape index (κ3) is 4.10. The van der Waals surface area contributed by atoms with Gasteiger partial charge in [-0.3, -0.25) is 4.90 Å². The summed E-state index contributed by atoms with van der Waals surface area (Å²) >= 11 is 0. The molecule has 0 saturated carbocycles. The molecule has 1 saturated heterocycles. The number of hydrogen-bond donors (Lipinski definition) is 1. The highest BCUT2D eigenvalue weighted by molar-refractivity contribution is 5.18. The summed E-state index contributed by atoms with van der Waals surface area (Å²) in [5, 5.41) is 14.8. The molecule has 0 bridgehead atoms. The molecule has 3 rings (SSSR count). The summed E-state index contributed by atoms with van der Waals surface area (Å²) in [6, 6.07) is 10.1. The molecule has 5 heteroatoms. The van der Waals surface area contributed by atoms with Crippen LogP contribution in [0.1, 0.15) is 70.0 Å². The average Bonchev–Trinajstić information content (AvgIpc) is 3.12. The van der Waals surface area contributed by atoms with E-state index >= 15 is 0 Å². The molecule has 1 aliphatic rings. The largest absolute Gasteiger partial charge is 0.388 e.